The molecule has 1 fully saturated rings. The number of aliphatic carboxylic acids is 1. The minimum absolute atomic E-state index is 0.285. The summed E-state index contributed by atoms with van der Waals surface area (Å²) in [6, 6.07) is 5.88. The molecule has 3 rings (SSSR count). The quantitative estimate of drug-likeness (QED) is 0.922. The molecule has 1 heterocycles. The van der Waals surface area contributed by atoms with Crippen LogP contribution in [-0.2, 0) is 4.79 Å². The molecular weight excluding hydrogens is 316 g/mol. The number of fused-ring (bicyclic) bond motifs is 1. The van der Waals surface area contributed by atoms with Gasteiger partial charge in [-0.25, -0.2) is 4.79 Å². The number of likely N-dealkylation sites (N-methyl/N-ethyl adjacent to an activating group) is 1. The second-order valence-electron chi connectivity index (χ2n) is 7.58. The Labute approximate surface area is 147 Å². The van der Waals surface area contributed by atoms with Crippen LogP contribution in [0.2, 0.25) is 0 Å². The fourth-order valence-electron chi connectivity index (χ4n) is 3.04. The molecule has 1 N–H and O–H groups in total. The van der Waals surface area contributed by atoms with Crippen LogP contribution in [0.1, 0.15) is 59.8 Å². The topological polar surface area (TPSA) is 70.5 Å². The summed E-state index contributed by atoms with van der Waals surface area (Å²) in [6.45, 7) is 7.06. The maximum absolute atomic E-state index is 13.2. The summed E-state index contributed by atoms with van der Waals surface area (Å²) >= 11 is 0. The van der Waals surface area contributed by atoms with E-state index in [4.69, 9.17) is 4.98 Å². The van der Waals surface area contributed by atoms with Gasteiger partial charge in [-0.2, -0.15) is 0 Å². The minimum atomic E-state index is -1.29. The first-order valence-corrected chi connectivity index (χ1v) is 8.56. The Morgan fingerprint density at radius 3 is 2.40 bits per heavy atom. The monoisotopic (exact) mass is 340 g/mol. The van der Waals surface area contributed by atoms with Crippen molar-refractivity contribution in [1.82, 2.24) is 9.88 Å². The van der Waals surface area contributed by atoms with E-state index in [0.717, 1.165) is 40.6 Å². The first-order valence-electron chi connectivity index (χ1n) is 8.56. The van der Waals surface area contributed by atoms with Crippen molar-refractivity contribution >= 4 is 22.8 Å². The molecule has 0 bridgehead atoms. The normalized spacial score (nSPS) is 14.6. The third kappa shape index (κ3) is 2.99. The SMILES string of the molecule is Cc1cc(C)c2nc(C3CC3)cc(C(=O)N(C)C(C)(C)C(=O)O)c2c1. The van der Waals surface area contributed by atoms with Crippen molar-refractivity contribution in [3.63, 3.8) is 0 Å². The van der Waals surface area contributed by atoms with Gasteiger partial charge in [0, 0.05) is 24.0 Å². The van der Waals surface area contributed by atoms with Crippen molar-refractivity contribution in [2.75, 3.05) is 7.05 Å². The Morgan fingerprint density at radius 1 is 1.20 bits per heavy atom. The number of benzene rings is 1. The molecule has 1 amide bonds. The van der Waals surface area contributed by atoms with Gasteiger partial charge in [0.2, 0.25) is 0 Å². The minimum Gasteiger partial charge on any atom is -0.480 e. The first-order chi connectivity index (χ1) is 11.6. The third-order valence-corrected chi connectivity index (χ3v) is 5.16. The second kappa shape index (κ2) is 5.83. The number of aryl methyl sites for hydroxylation is 2. The predicted molar refractivity (Wildman–Crippen MR) is 97.0 cm³/mol. The van der Waals surface area contributed by atoms with Crippen LogP contribution in [0.15, 0.2) is 18.2 Å². The summed E-state index contributed by atoms with van der Waals surface area (Å²) in [7, 11) is 1.54. The Kier molecular flexibility index (Phi) is 4.06. The zero-order valence-electron chi connectivity index (χ0n) is 15.4. The van der Waals surface area contributed by atoms with Crippen LogP contribution in [0.25, 0.3) is 10.9 Å². The van der Waals surface area contributed by atoms with Crippen molar-refractivity contribution in [2.45, 2.75) is 52.0 Å². The van der Waals surface area contributed by atoms with Crippen LogP contribution in [0.4, 0.5) is 0 Å². The van der Waals surface area contributed by atoms with Crippen molar-refractivity contribution in [3.8, 4) is 0 Å². The Hall–Kier alpha value is -2.43. The maximum atomic E-state index is 13.2. The van der Waals surface area contributed by atoms with E-state index in [1.54, 1.807) is 7.05 Å². The Balaban J connectivity index is 2.20. The number of aromatic nitrogens is 1. The zero-order valence-corrected chi connectivity index (χ0v) is 15.4. The summed E-state index contributed by atoms with van der Waals surface area (Å²) in [5.74, 6) is -0.905. The highest BCUT2D eigenvalue weighted by molar-refractivity contribution is 6.08. The largest absolute Gasteiger partial charge is 0.480 e. The van der Waals surface area contributed by atoms with Gasteiger partial charge in [-0.1, -0.05) is 11.6 Å². The van der Waals surface area contributed by atoms with Gasteiger partial charge in [-0.15, -0.1) is 0 Å². The lowest BCUT2D eigenvalue weighted by Gasteiger charge is -2.32. The highest BCUT2D eigenvalue weighted by atomic mass is 16.4. The van der Waals surface area contributed by atoms with E-state index in [0.29, 0.717) is 11.5 Å². The van der Waals surface area contributed by atoms with E-state index in [2.05, 4.69) is 6.07 Å². The molecule has 1 aromatic carbocycles. The molecular formula is C20H24N2O3. The molecule has 0 saturated heterocycles. The molecule has 1 saturated carbocycles. The van der Waals surface area contributed by atoms with Crippen molar-refractivity contribution in [1.29, 1.82) is 0 Å². The van der Waals surface area contributed by atoms with Crippen molar-refractivity contribution in [3.05, 3.63) is 40.6 Å². The van der Waals surface area contributed by atoms with E-state index in [1.807, 2.05) is 26.0 Å². The van der Waals surface area contributed by atoms with Crippen LogP contribution < -0.4 is 0 Å². The van der Waals surface area contributed by atoms with Gasteiger partial charge in [0.05, 0.1) is 11.1 Å². The van der Waals surface area contributed by atoms with Crippen LogP contribution in [0, 0.1) is 13.8 Å². The number of carbonyl (C=O) groups is 2. The molecule has 25 heavy (non-hydrogen) atoms. The Morgan fingerprint density at radius 2 is 1.84 bits per heavy atom. The lowest BCUT2D eigenvalue weighted by atomic mass is 9.97. The number of pyridine rings is 1. The molecule has 5 heteroatoms. The van der Waals surface area contributed by atoms with Crippen LogP contribution in [0.3, 0.4) is 0 Å². The first kappa shape index (κ1) is 17.4. The fraction of sp³-hybridized carbons (Fsp3) is 0.450. The number of carboxylic acid groups (broad SMARTS) is 1. The van der Waals surface area contributed by atoms with E-state index < -0.39 is 11.5 Å². The van der Waals surface area contributed by atoms with Crippen LogP contribution in [0.5, 0.6) is 0 Å². The molecule has 0 unspecified atom stereocenters. The molecule has 2 aromatic rings. The number of rotatable bonds is 4. The summed E-state index contributed by atoms with van der Waals surface area (Å²) in [5, 5.41) is 10.2. The van der Waals surface area contributed by atoms with Gasteiger partial charge >= 0.3 is 5.97 Å². The van der Waals surface area contributed by atoms with Crippen molar-refractivity contribution in [2.24, 2.45) is 0 Å². The molecule has 5 nitrogen and oxygen atoms in total. The highest BCUT2D eigenvalue weighted by Crippen LogP contribution is 2.41. The third-order valence-electron chi connectivity index (χ3n) is 5.16. The number of carboxylic acids is 1. The van der Waals surface area contributed by atoms with Crippen LogP contribution >= 0.6 is 0 Å². The standard InChI is InChI=1S/C20H24N2O3/c1-11-8-12(2)17-14(9-11)15(10-16(21-17)13-6-7-13)18(23)22(5)20(3,4)19(24)25/h8-10,13H,6-7H2,1-5H3,(H,24,25). The van der Waals surface area contributed by atoms with E-state index in [1.165, 1.54) is 18.7 Å². The molecule has 0 atom stereocenters. The molecule has 0 spiro atoms. The molecule has 0 aliphatic heterocycles. The number of amides is 1. The lowest BCUT2D eigenvalue weighted by Crippen LogP contribution is -2.50. The number of carbonyl (C=O) groups excluding carboxylic acids is 1. The molecule has 132 valence electrons. The predicted octanol–water partition coefficient (Wildman–Crippen LogP) is 3.66. The van der Waals surface area contributed by atoms with Gasteiger partial charge in [0.15, 0.2) is 0 Å². The number of hydrogen-bond acceptors (Lipinski definition) is 3. The fourth-order valence-corrected chi connectivity index (χ4v) is 3.04. The lowest BCUT2D eigenvalue weighted by molar-refractivity contribution is -0.147. The van der Waals surface area contributed by atoms with Crippen molar-refractivity contribution < 1.29 is 14.7 Å². The van der Waals surface area contributed by atoms with Gasteiger partial charge in [0.25, 0.3) is 5.91 Å². The average Bonchev–Trinajstić information content (AvgIpc) is 3.37. The second-order valence-corrected chi connectivity index (χ2v) is 7.58. The van der Waals surface area contributed by atoms with Crippen LogP contribution in [-0.4, -0.2) is 39.5 Å². The molecule has 1 aliphatic rings. The molecule has 0 radical (unpaired) electrons. The highest BCUT2D eigenvalue weighted by Gasteiger charge is 2.37. The van der Waals surface area contributed by atoms with Gasteiger partial charge in [0.1, 0.15) is 5.54 Å². The van der Waals surface area contributed by atoms with E-state index in [-0.39, 0.29) is 5.91 Å². The summed E-state index contributed by atoms with van der Waals surface area (Å²) < 4.78 is 0. The van der Waals surface area contributed by atoms with E-state index >= 15 is 0 Å². The summed E-state index contributed by atoms with van der Waals surface area (Å²) in [6.07, 6.45) is 2.18. The zero-order chi connectivity index (χ0) is 18.5. The smallest absolute Gasteiger partial charge is 0.329 e. The summed E-state index contributed by atoms with van der Waals surface area (Å²) in [4.78, 5) is 30.8. The number of nitrogens with zero attached hydrogens (tertiary/aromatic N) is 2. The summed E-state index contributed by atoms with van der Waals surface area (Å²) in [5.41, 5.74) is 3.11. The molecule has 1 aromatic heterocycles. The molecule has 1 aliphatic carbocycles. The number of hydrogen-bond donors (Lipinski definition) is 1. The average molecular weight is 340 g/mol. The van der Waals surface area contributed by atoms with Gasteiger partial charge < -0.3 is 10.0 Å². The van der Waals surface area contributed by atoms with E-state index in [9.17, 15) is 14.7 Å². The Bertz CT molecular complexity index is 882. The van der Waals surface area contributed by atoms with Gasteiger partial charge in [-0.05, 0) is 58.2 Å². The van der Waals surface area contributed by atoms with Gasteiger partial charge in [-0.3, -0.25) is 9.78 Å². The maximum Gasteiger partial charge on any atom is 0.329 e.